The first kappa shape index (κ1) is 27.5. The van der Waals surface area contributed by atoms with Crippen LogP contribution in [0, 0.1) is 0 Å². The van der Waals surface area contributed by atoms with Crippen LogP contribution >= 0.6 is 8.25 Å². The Labute approximate surface area is 177 Å². The second-order valence-electron chi connectivity index (χ2n) is 9.23. The minimum atomic E-state index is -2.79. The Hall–Kier alpha value is -1.55. The predicted octanol–water partition coefficient (Wildman–Crippen LogP) is 6.43. The molecule has 1 aromatic carbocycles. The number of Topliss-reactive ketones (excluding diaryl/α,β-unsaturated/α-hetero) is 1. The molecule has 0 spiro atoms. The van der Waals surface area contributed by atoms with Crippen LogP contribution in [-0.2, 0) is 24.7 Å². The molecular weight excluding hydrogens is 387 g/mol. The monoisotopic (exact) mass is 425 g/mol. The minimum absolute atomic E-state index is 0.260. The van der Waals surface area contributed by atoms with E-state index in [9.17, 15) is 14.5 Å². The second-order valence-corrected chi connectivity index (χ2v) is 9.96. The summed E-state index contributed by atoms with van der Waals surface area (Å²) in [5, 5.41) is 10.7. The molecule has 0 aliphatic heterocycles. The van der Waals surface area contributed by atoms with Gasteiger partial charge in [-0.3, -0.25) is 4.79 Å². The first-order valence-electron chi connectivity index (χ1n) is 10.0. The number of benzene rings is 1. The van der Waals surface area contributed by atoms with E-state index in [0.29, 0.717) is 5.57 Å². The van der Waals surface area contributed by atoms with Gasteiger partial charge in [-0.1, -0.05) is 68.2 Å². The topological polar surface area (TPSA) is 83.8 Å². The number of phenols is 1. The summed E-state index contributed by atoms with van der Waals surface area (Å²) in [4.78, 5) is 20.6. The zero-order valence-corrected chi connectivity index (χ0v) is 20.3. The molecule has 1 atom stereocenters. The van der Waals surface area contributed by atoms with Gasteiger partial charge >= 0.3 is 8.25 Å². The fourth-order valence-electron chi connectivity index (χ4n) is 2.44. The maximum atomic E-state index is 12.0. The third-order valence-electron chi connectivity index (χ3n) is 4.38. The summed E-state index contributed by atoms with van der Waals surface area (Å²) in [7, 11) is -2.79. The third-order valence-corrected chi connectivity index (χ3v) is 4.73. The lowest BCUT2D eigenvalue weighted by atomic mass is 9.78. The predicted molar refractivity (Wildman–Crippen MR) is 121 cm³/mol. The lowest BCUT2D eigenvalue weighted by molar-refractivity contribution is -0.117. The van der Waals surface area contributed by atoms with Crippen LogP contribution < -0.4 is 0 Å². The number of carbonyl (C=O) groups excluding carboxylic acids is 1. The van der Waals surface area contributed by atoms with Gasteiger partial charge in [0.15, 0.2) is 12.4 Å². The van der Waals surface area contributed by atoms with Gasteiger partial charge in [0.05, 0.1) is 0 Å². The number of rotatable bonds is 6. The van der Waals surface area contributed by atoms with Crippen molar-refractivity contribution >= 4 is 20.1 Å². The van der Waals surface area contributed by atoms with Crippen LogP contribution in [0.4, 0.5) is 0 Å². The molecule has 0 saturated heterocycles. The molecule has 1 rings (SSSR count). The molecular formula is C23H38O5P+. The van der Waals surface area contributed by atoms with Gasteiger partial charge in [0, 0.05) is 15.7 Å². The zero-order chi connectivity index (χ0) is 23.0. The third kappa shape index (κ3) is 9.66. The van der Waals surface area contributed by atoms with Crippen molar-refractivity contribution in [2.45, 2.75) is 86.0 Å². The molecule has 0 fully saturated rings. The van der Waals surface area contributed by atoms with E-state index in [-0.39, 0.29) is 22.4 Å². The summed E-state index contributed by atoms with van der Waals surface area (Å²) >= 11 is 0. The van der Waals surface area contributed by atoms with Crippen LogP contribution in [0.3, 0.4) is 0 Å². The molecule has 0 saturated carbocycles. The Morgan fingerprint density at radius 3 is 1.76 bits per heavy atom. The number of hydrogen-bond donors (Lipinski definition) is 2. The van der Waals surface area contributed by atoms with Crippen LogP contribution in [0.1, 0.15) is 91.8 Å². The van der Waals surface area contributed by atoms with Crippen molar-refractivity contribution in [1.82, 2.24) is 0 Å². The average molecular weight is 426 g/mol. The largest absolute Gasteiger partial charge is 0.695 e. The Morgan fingerprint density at radius 1 is 1.03 bits per heavy atom. The summed E-state index contributed by atoms with van der Waals surface area (Å²) in [5.74, 6) is -0.0816. The van der Waals surface area contributed by atoms with Crippen molar-refractivity contribution in [3.05, 3.63) is 34.4 Å². The van der Waals surface area contributed by atoms with Gasteiger partial charge in [0.1, 0.15) is 5.75 Å². The van der Waals surface area contributed by atoms with Crippen molar-refractivity contribution < 1.29 is 23.9 Å². The van der Waals surface area contributed by atoms with E-state index in [2.05, 4.69) is 18.4 Å². The fourth-order valence-corrected chi connectivity index (χ4v) is 2.67. The van der Waals surface area contributed by atoms with Crippen molar-refractivity contribution in [2.75, 3.05) is 6.61 Å². The van der Waals surface area contributed by atoms with Gasteiger partial charge in [0.25, 0.3) is 0 Å². The molecule has 2 N–H and O–H groups in total. The van der Waals surface area contributed by atoms with E-state index in [1.54, 1.807) is 13.0 Å². The lowest BCUT2D eigenvalue weighted by Gasteiger charge is -2.28. The summed E-state index contributed by atoms with van der Waals surface area (Å²) in [5.41, 5.74) is 2.31. The molecule has 5 nitrogen and oxygen atoms in total. The normalized spacial score (nSPS) is 12.9. The van der Waals surface area contributed by atoms with Gasteiger partial charge < -0.3 is 5.11 Å². The highest BCUT2D eigenvalue weighted by Gasteiger charge is 2.26. The molecule has 0 aliphatic carbocycles. The van der Waals surface area contributed by atoms with E-state index in [1.807, 2.05) is 53.7 Å². The maximum Gasteiger partial charge on any atom is 0.695 e. The van der Waals surface area contributed by atoms with E-state index < -0.39 is 14.9 Å². The molecule has 0 aliphatic rings. The summed E-state index contributed by atoms with van der Waals surface area (Å²) in [6.07, 6.45) is 4.35. The van der Waals surface area contributed by atoms with Gasteiger partial charge in [-0.25, -0.2) is 0 Å². The second kappa shape index (κ2) is 11.6. The summed E-state index contributed by atoms with van der Waals surface area (Å²) < 4.78 is 15.0. The molecule has 1 unspecified atom stereocenters. The highest BCUT2D eigenvalue weighted by Crippen LogP contribution is 2.40. The van der Waals surface area contributed by atoms with E-state index >= 15 is 0 Å². The molecule has 0 heterocycles. The first-order chi connectivity index (χ1) is 13.1. The molecule has 29 heavy (non-hydrogen) atoms. The molecule has 1 aromatic rings. The standard InChI is InChI=1S/C19H27O5P.C4H10/c1-12(16(20)11-24-25(22)23)8-13-9-14(18(2,3)4)17(21)15(10-13)19(5,6)7;1-3-4-2/h8-10H,11H2,1-7H3,(H-,20,21,22,23);3-4H2,1-2H3/p+1. The first-order valence-corrected chi connectivity index (χ1v) is 11.2. The highest BCUT2D eigenvalue weighted by molar-refractivity contribution is 7.32. The number of hydrogen-bond acceptors (Lipinski definition) is 4. The van der Waals surface area contributed by atoms with Crippen LogP contribution in [0.5, 0.6) is 5.75 Å². The molecule has 0 bridgehead atoms. The summed E-state index contributed by atoms with van der Waals surface area (Å²) in [6.45, 7) is 17.7. The number of unbranched alkanes of at least 4 members (excludes halogenated alkanes) is 1. The number of phenolic OH excluding ortho intramolecular Hbond substituents is 1. The van der Waals surface area contributed by atoms with E-state index in [0.717, 1.165) is 16.7 Å². The van der Waals surface area contributed by atoms with Crippen molar-refractivity contribution in [1.29, 1.82) is 0 Å². The quantitative estimate of drug-likeness (QED) is 0.405. The van der Waals surface area contributed by atoms with Crippen LogP contribution in [-0.4, -0.2) is 22.4 Å². The fraction of sp³-hybridized carbons (Fsp3) is 0.609. The maximum absolute atomic E-state index is 12.0. The van der Waals surface area contributed by atoms with Gasteiger partial charge in [0.2, 0.25) is 0 Å². The Balaban J connectivity index is 0.00000178. The SMILES string of the molecule is C/C(=C\c1cc(C(C)(C)C)c(O)c(C(C)(C)C)c1)C(=O)CO[P+](=O)O.CCCC. The molecule has 6 heteroatoms. The van der Waals surface area contributed by atoms with Crippen molar-refractivity contribution in [3.63, 3.8) is 0 Å². The zero-order valence-electron chi connectivity index (χ0n) is 19.4. The van der Waals surface area contributed by atoms with Crippen LogP contribution in [0.2, 0.25) is 0 Å². The van der Waals surface area contributed by atoms with Gasteiger partial charge in [-0.2, -0.15) is 0 Å². The van der Waals surface area contributed by atoms with E-state index in [4.69, 9.17) is 4.89 Å². The smallest absolute Gasteiger partial charge is 0.507 e. The van der Waals surface area contributed by atoms with Crippen LogP contribution in [0.25, 0.3) is 6.08 Å². The Kier molecular flexibility index (Phi) is 11.0. The lowest BCUT2D eigenvalue weighted by Crippen LogP contribution is -2.17. The number of ketones is 1. The Bertz CT molecular complexity index is 700. The highest BCUT2D eigenvalue weighted by atomic mass is 31.1. The van der Waals surface area contributed by atoms with Crippen molar-refractivity contribution in [2.24, 2.45) is 0 Å². The number of carbonyl (C=O) groups is 1. The van der Waals surface area contributed by atoms with Gasteiger partial charge in [-0.15, -0.1) is 9.42 Å². The van der Waals surface area contributed by atoms with Crippen LogP contribution in [0.15, 0.2) is 17.7 Å². The average Bonchev–Trinajstić information content (AvgIpc) is 2.59. The number of aromatic hydroxyl groups is 1. The molecule has 0 aromatic heterocycles. The molecule has 0 radical (unpaired) electrons. The molecule has 0 amide bonds. The minimum Gasteiger partial charge on any atom is -0.507 e. The Morgan fingerprint density at radius 2 is 1.45 bits per heavy atom. The molecule has 164 valence electrons. The van der Waals surface area contributed by atoms with Crippen molar-refractivity contribution in [3.8, 4) is 5.75 Å². The van der Waals surface area contributed by atoms with E-state index in [1.165, 1.54) is 12.8 Å². The summed E-state index contributed by atoms with van der Waals surface area (Å²) in [6, 6.07) is 3.74. The van der Waals surface area contributed by atoms with Gasteiger partial charge in [-0.05, 0) is 47.1 Å².